The van der Waals surface area contributed by atoms with Crippen LogP contribution in [0.5, 0.6) is 5.75 Å². The molecule has 1 amide bonds. The van der Waals surface area contributed by atoms with Crippen LogP contribution in [0.2, 0.25) is 0 Å². The zero-order valence-electron chi connectivity index (χ0n) is 15.4. The Morgan fingerprint density at radius 1 is 1.29 bits per heavy atom. The van der Waals surface area contributed by atoms with Gasteiger partial charge in [0.05, 0.1) is 29.6 Å². The average molecular weight is 410 g/mol. The molecule has 1 aliphatic rings. The molecule has 10 heteroatoms. The van der Waals surface area contributed by atoms with Gasteiger partial charge in [-0.3, -0.25) is 10.0 Å². The number of hydroxylamine groups is 1. The summed E-state index contributed by atoms with van der Waals surface area (Å²) in [6, 6.07) is 6.51. The molecule has 1 aromatic heterocycles. The van der Waals surface area contributed by atoms with Gasteiger partial charge in [-0.25, -0.2) is 13.9 Å². The molecule has 0 radical (unpaired) electrons. The van der Waals surface area contributed by atoms with Crippen LogP contribution in [0, 0.1) is 0 Å². The van der Waals surface area contributed by atoms with Crippen LogP contribution < -0.4 is 10.2 Å². The predicted molar refractivity (Wildman–Crippen MR) is 97.1 cm³/mol. The van der Waals surface area contributed by atoms with Gasteiger partial charge in [0.25, 0.3) is 5.91 Å². The number of amides is 1. The maximum atomic E-state index is 13.1. The van der Waals surface area contributed by atoms with E-state index in [-0.39, 0.29) is 11.4 Å². The van der Waals surface area contributed by atoms with Gasteiger partial charge in [-0.2, -0.15) is 4.31 Å². The lowest BCUT2D eigenvalue weighted by atomic mass is 10.1. The molecule has 9 nitrogen and oxygen atoms in total. The van der Waals surface area contributed by atoms with Crippen molar-refractivity contribution in [2.45, 2.75) is 43.6 Å². The molecule has 2 N–H and O–H groups in total. The van der Waals surface area contributed by atoms with E-state index in [2.05, 4.69) is 0 Å². The number of nitrogens with zero attached hydrogens (tertiary/aromatic N) is 1. The zero-order chi connectivity index (χ0) is 20.3. The summed E-state index contributed by atoms with van der Waals surface area (Å²) in [5, 5.41) is 9.00. The fourth-order valence-electron chi connectivity index (χ4n) is 3.13. The normalized spacial score (nSPS) is 23.3. The summed E-state index contributed by atoms with van der Waals surface area (Å²) in [5.41, 5.74) is 2.37. The number of rotatable bonds is 6. The Kier molecular flexibility index (Phi) is 6.04. The number of carbonyl (C=O) groups excluding carboxylic acids is 1. The van der Waals surface area contributed by atoms with Crippen LogP contribution >= 0.6 is 0 Å². The summed E-state index contributed by atoms with van der Waals surface area (Å²) in [5.74, 6) is -0.350. The summed E-state index contributed by atoms with van der Waals surface area (Å²) in [6.07, 6.45) is 1.98. The molecule has 2 heterocycles. The van der Waals surface area contributed by atoms with Crippen LogP contribution in [-0.4, -0.2) is 48.6 Å². The highest BCUT2D eigenvalue weighted by atomic mass is 32.2. The molecule has 1 aliphatic heterocycles. The van der Waals surface area contributed by atoms with Crippen molar-refractivity contribution in [1.29, 1.82) is 0 Å². The molecule has 3 atom stereocenters. The second kappa shape index (κ2) is 8.31. The molecule has 28 heavy (non-hydrogen) atoms. The molecule has 1 fully saturated rings. The molecule has 0 spiro atoms. The third-order valence-electron chi connectivity index (χ3n) is 4.43. The second-order valence-electron chi connectivity index (χ2n) is 6.54. The first-order chi connectivity index (χ1) is 13.3. The minimum atomic E-state index is -4.00. The maximum absolute atomic E-state index is 13.1. The van der Waals surface area contributed by atoms with Crippen LogP contribution in [-0.2, 0) is 26.2 Å². The van der Waals surface area contributed by atoms with E-state index in [1.807, 2.05) is 0 Å². The van der Waals surface area contributed by atoms with E-state index in [1.54, 1.807) is 38.3 Å². The van der Waals surface area contributed by atoms with E-state index < -0.39 is 34.2 Å². The van der Waals surface area contributed by atoms with Gasteiger partial charge < -0.3 is 13.9 Å². The molecule has 3 rings (SSSR count). The number of sulfonamides is 1. The van der Waals surface area contributed by atoms with Gasteiger partial charge >= 0.3 is 0 Å². The third-order valence-corrected chi connectivity index (χ3v) is 6.30. The Morgan fingerprint density at radius 3 is 2.61 bits per heavy atom. The lowest BCUT2D eigenvalue weighted by Gasteiger charge is -2.40. The van der Waals surface area contributed by atoms with Crippen LogP contribution in [0.3, 0.4) is 0 Å². The topological polar surface area (TPSA) is 118 Å². The number of hydrogen-bond acceptors (Lipinski definition) is 7. The van der Waals surface area contributed by atoms with Gasteiger partial charge in [-0.05, 0) is 44.2 Å². The Morgan fingerprint density at radius 2 is 2.00 bits per heavy atom. The van der Waals surface area contributed by atoms with Gasteiger partial charge in [0.15, 0.2) is 0 Å². The van der Waals surface area contributed by atoms with Crippen LogP contribution in [0.15, 0.2) is 52.2 Å². The van der Waals surface area contributed by atoms with E-state index in [9.17, 15) is 13.2 Å². The van der Waals surface area contributed by atoms with Crippen molar-refractivity contribution in [2.24, 2.45) is 0 Å². The first-order valence-electron chi connectivity index (χ1n) is 8.68. The molecular weight excluding hydrogens is 388 g/mol. The van der Waals surface area contributed by atoms with E-state index in [0.29, 0.717) is 12.4 Å². The van der Waals surface area contributed by atoms with Crippen LogP contribution in [0.25, 0.3) is 0 Å². The van der Waals surface area contributed by atoms with E-state index >= 15 is 0 Å². The van der Waals surface area contributed by atoms with Gasteiger partial charge in [-0.1, -0.05) is 0 Å². The maximum Gasteiger partial charge on any atom is 0.264 e. The van der Waals surface area contributed by atoms with Crippen LogP contribution in [0.1, 0.15) is 19.4 Å². The number of nitrogens with one attached hydrogen (secondary N) is 1. The minimum absolute atomic E-state index is 0.0104. The van der Waals surface area contributed by atoms with Crippen LogP contribution in [0.4, 0.5) is 0 Å². The lowest BCUT2D eigenvalue weighted by Crippen LogP contribution is -2.60. The van der Waals surface area contributed by atoms with Crippen molar-refractivity contribution >= 4 is 15.9 Å². The quantitative estimate of drug-likeness (QED) is 0.548. The molecular formula is C18H22N2O7S. The highest BCUT2D eigenvalue weighted by molar-refractivity contribution is 7.89. The highest BCUT2D eigenvalue weighted by Crippen LogP contribution is 2.27. The fourth-order valence-corrected chi connectivity index (χ4v) is 4.85. The molecule has 0 aliphatic carbocycles. The first-order valence-corrected chi connectivity index (χ1v) is 10.1. The molecule has 0 bridgehead atoms. The Balaban J connectivity index is 1.80. The molecule has 0 saturated carbocycles. The smallest absolute Gasteiger partial charge is 0.264 e. The molecule has 152 valence electrons. The number of morpholine rings is 1. The molecule has 1 aromatic carbocycles. The van der Waals surface area contributed by atoms with Crippen molar-refractivity contribution < 1.29 is 32.3 Å². The van der Waals surface area contributed by atoms with Crippen molar-refractivity contribution in [2.75, 3.05) is 6.54 Å². The van der Waals surface area contributed by atoms with Crippen molar-refractivity contribution in [1.82, 2.24) is 9.79 Å². The number of carbonyl (C=O) groups is 1. The average Bonchev–Trinajstić information content (AvgIpc) is 3.19. The number of benzene rings is 1. The Hall–Kier alpha value is -2.40. The van der Waals surface area contributed by atoms with Crippen molar-refractivity contribution in [3.8, 4) is 5.75 Å². The SMILES string of the molecule is C[C@@H]1O[C@@H](C)CN(S(=O)(=O)c2ccc(OCc3ccoc3)cc2)[C@H]1C(=O)NO. The summed E-state index contributed by atoms with van der Waals surface area (Å²) >= 11 is 0. The largest absolute Gasteiger partial charge is 0.489 e. The number of furan rings is 1. The number of ether oxygens (including phenoxy) is 2. The fraction of sp³-hybridized carbons (Fsp3) is 0.389. The summed E-state index contributed by atoms with van der Waals surface area (Å²) in [7, 11) is -4.00. The van der Waals surface area contributed by atoms with E-state index in [1.165, 1.54) is 23.9 Å². The molecule has 1 saturated heterocycles. The molecule has 2 aromatic rings. The standard InChI is InChI=1S/C18H22N2O7S/c1-12-9-20(17(13(2)27-12)18(21)19-22)28(23,24)16-5-3-15(4-6-16)26-11-14-7-8-25-10-14/h3-8,10,12-13,17,22H,9,11H2,1-2H3,(H,19,21)/t12-,13-,17+/m0/s1. The minimum Gasteiger partial charge on any atom is -0.489 e. The van der Waals surface area contributed by atoms with Gasteiger partial charge in [0.2, 0.25) is 10.0 Å². The lowest BCUT2D eigenvalue weighted by molar-refractivity contribution is -0.146. The monoisotopic (exact) mass is 410 g/mol. The first kappa shape index (κ1) is 20.3. The summed E-state index contributed by atoms with van der Waals surface area (Å²) in [6.45, 7) is 3.59. The number of hydrogen-bond donors (Lipinski definition) is 2. The van der Waals surface area contributed by atoms with Gasteiger partial charge in [0.1, 0.15) is 18.4 Å². The third kappa shape index (κ3) is 4.20. The van der Waals surface area contributed by atoms with Gasteiger partial charge in [0, 0.05) is 12.1 Å². The predicted octanol–water partition coefficient (Wildman–Crippen LogP) is 1.53. The highest BCUT2D eigenvalue weighted by Gasteiger charge is 2.44. The Labute approximate surface area is 162 Å². The summed E-state index contributed by atoms with van der Waals surface area (Å²) in [4.78, 5) is 12.1. The van der Waals surface area contributed by atoms with E-state index in [4.69, 9.17) is 19.1 Å². The zero-order valence-corrected chi connectivity index (χ0v) is 16.3. The molecule has 0 unspecified atom stereocenters. The van der Waals surface area contributed by atoms with E-state index in [0.717, 1.165) is 9.87 Å². The Bertz CT molecular complexity index is 897. The van der Waals surface area contributed by atoms with Crippen molar-refractivity contribution in [3.05, 3.63) is 48.4 Å². The second-order valence-corrected chi connectivity index (χ2v) is 8.43. The summed E-state index contributed by atoms with van der Waals surface area (Å²) < 4.78 is 43.4. The van der Waals surface area contributed by atoms with Crippen molar-refractivity contribution in [3.63, 3.8) is 0 Å². The van der Waals surface area contributed by atoms with Gasteiger partial charge in [-0.15, -0.1) is 0 Å².